The zero-order valence-electron chi connectivity index (χ0n) is 7.45. The van der Waals surface area contributed by atoms with Crippen molar-refractivity contribution in [2.24, 2.45) is 5.73 Å². The Morgan fingerprint density at radius 2 is 2.13 bits per heavy atom. The van der Waals surface area contributed by atoms with Gasteiger partial charge in [-0.15, -0.1) is 0 Å². The molecule has 1 aromatic rings. The lowest BCUT2D eigenvalue weighted by Crippen LogP contribution is -2.44. The Hall–Kier alpha value is -1.09. The summed E-state index contributed by atoms with van der Waals surface area (Å²) in [5.74, 6) is -0.600. The minimum absolute atomic E-state index is 0.0477. The van der Waals surface area contributed by atoms with Gasteiger partial charge in [-0.05, 0) is 53.0 Å². The number of benzene rings is 1. The standard InChI is InChI=1S/C8H8IN3O2S/c9-4-1-2-6(13)5(3-4)7(14)11-12-8(10)15/h1-3,13H,(H,11,14)(H3,10,12,15). The highest BCUT2D eigenvalue weighted by molar-refractivity contribution is 14.1. The first-order valence-corrected chi connectivity index (χ1v) is 5.33. The Morgan fingerprint density at radius 1 is 1.47 bits per heavy atom. The van der Waals surface area contributed by atoms with Gasteiger partial charge in [-0.25, -0.2) is 0 Å². The van der Waals surface area contributed by atoms with Crippen LogP contribution < -0.4 is 16.6 Å². The van der Waals surface area contributed by atoms with Gasteiger partial charge in [0.1, 0.15) is 5.75 Å². The van der Waals surface area contributed by atoms with E-state index in [0.717, 1.165) is 3.57 Å². The number of aromatic hydroxyl groups is 1. The first kappa shape index (κ1) is 12.0. The summed E-state index contributed by atoms with van der Waals surface area (Å²) in [6, 6.07) is 4.68. The van der Waals surface area contributed by atoms with Crippen LogP contribution in [-0.2, 0) is 0 Å². The third-order valence-corrected chi connectivity index (χ3v) is 2.28. The van der Waals surface area contributed by atoms with Crippen LogP contribution in [0.3, 0.4) is 0 Å². The number of carbonyl (C=O) groups excluding carboxylic acids is 1. The molecule has 5 N–H and O–H groups in total. The predicted octanol–water partition coefficient (Wildman–Crippen LogP) is 0.475. The zero-order chi connectivity index (χ0) is 11.4. The van der Waals surface area contributed by atoms with E-state index in [1.165, 1.54) is 6.07 Å². The normalized spacial score (nSPS) is 9.40. The van der Waals surface area contributed by atoms with E-state index < -0.39 is 5.91 Å². The number of halogens is 1. The molecule has 0 spiro atoms. The Morgan fingerprint density at radius 3 is 2.73 bits per heavy atom. The number of nitrogens with two attached hydrogens (primary N) is 1. The first-order valence-electron chi connectivity index (χ1n) is 3.85. The number of nitrogens with one attached hydrogen (secondary N) is 2. The second kappa shape index (κ2) is 5.12. The van der Waals surface area contributed by atoms with Crippen molar-refractivity contribution >= 4 is 45.8 Å². The van der Waals surface area contributed by atoms with Crippen LogP contribution in [0.4, 0.5) is 0 Å². The van der Waals surface area contributed by atoms with Crippen molar-refractivity contribution in [1.29, 1.82) is 0 Å². The summed E-state index contributed by atoms with van der Waals surface area (Å²) in [6.07, 6.45) is 0. The largest absolute Gasteiger partial charge is 0.507 e. The van der Waals surface area contributed by atoms with Gasteiger partial charge < -0.3 is 10.8 Å². The lowest BCUT2D eigenvalue weighted by atomic mass is 10.2. The molecule has 5 nitrogen and oxygen atoms in total. The molecule has 1 rings (SSSR count). The summed E-state index contributed by atoms with van der Waals surface area (Å²) in [6.45, 7) is 0. The van der Waals surface area contributed by atoms with Crippen LogP contribution >= 0.6 is 34.8 Å². The van der Waals surface area contributed by atoms with Gasteiger partial charge in [0.15, 0.2) is 5.11 Å². The number of phenolic OH excluding ortho intramolecular Hbond substituents is 1. The summed E-state index contributed by atoms with van der Waals surface area (Å²) < 4.78 is 0.839. The quantitative estimate of drug-likeness (QED) is 0.340. The molecule has 0 saturated carbocycles. The summed E-state index contributed by atoms with van der Waals surface area (Å²) >= 11 is 6.55. The third kappa shape index (κ3) is 3.51. The number of hydrazine groups is 1. The van der Waals surface area contributed by atoms with Crippen molar-refractivity contribution in [2.75, 3.05) is 0 Å². The monoisotopic (exact) mass is 337 g/mol. The number of phenols is 1. The molecule has 0 aliphatic rings. The maximum atomic E-state index is 11.5. The van der Waals surface area contributed by atoms with Gasteiger partial charge in [0.05, 0.1) is 5.56 Å². The van der Waals surface area contributed by atoms with Crippen molar-refractivity contribution in [3.63, 3.8) is 0 Å². The van der Waals surface area contributed by atoms with Crippen LogP contribution in [-0.4, -0.2) is 16.1 Å². The van der Waals surface area contributed by atoms with Crippen LogP contribution in [0.25, 0.3) is 0 Å². The minimum Gasteiger partial charge on any atom is -0.507 e. The molecule has 0 fully saturated rings. The number of thiocarbonyl (C=S) groups is 1. The van der Waals surface area contributed by atoms with Gasteiger partial charge in [-0.3, -0.25) is 15.6 Å². The SMILES string of the molecule is NC(=S)NNC(=O)c1cc(I)ccc1O. The smallest absolute Gasteiger partial charge is 0.273 e. The summed E-state index contributed by atoms with van der Waals surface area (Å²) in [5.41, 5.74) is 9.82. The number of amides is 1. The molecule has 80 valence electrons. The fraction of sp³-hybridized carbons (Fsp3) is 0. The Balaban J connectivity index is 2.81. The van der Waals surface area contributed by atoms with Gasteiger partial charge in [0.2, 0.25) is 0 Å². The second-order valence-electron chi connectivity index (χ2n) is 2.60. The molecule has 0 saturated heterocycles. The van der Waals surface area contributed by atoms with Crippen molar-refractivity contribution in [2.45, 2.75) is 0 Å². The number of rotatable bonds is 1. The van der Waals surface area contributed by atoms with Gasteiger partial charge in [-0.1, -0.05) is 0 Å². The van der Waals surface area contributed by atoms with Crippen molar-refractivity contribution < 1.29 is 9.90 Å². The molecule has 0 aliphatic heterocycles. The average Bonchev–Trinajstić information content (AvgIpc) is 2.18. The zero-order valence-corrected chi connectivity index (χ0v) is 10.4. The van der Waals surface area contributed by atoms with Gasteiger partial charge >= 0.3 is 0 Å². The highest BCUT2D eigenvalue weighted by Crippen LogP contribution is 2.19. The van der Waals surface area contributed by atoms with E-state index >= 15 is 0 Å². The molecule has 0 aromatic heterocycles. The Labute approximate surface area is 105 Å². The molecular weight excluding hydrogens is 329 g/mol. The lowest BCUT2D eigenvalue weighted by Gasteiger charge is -2.07. The molecule has 0 atom stereocenters. The minimum atomic E-state index is -0.501. The van der Waals surface area contributed by atoms with Crippen LogP contribution in [0.1, 0.15) is 10.4 Å². The molecule has 1 amide bonds. The molecule has 0 aliphatic carbocycles. The predicted molar refractivity (Wildman–Crippen MR) is 68.2 cm³/mol. The van der Waals surface area contributed by atoms with Gasteiger partial charge in [-0.2, -0.15) is 0 Å². The van der Waals surface area contributed by atoms with Crippen LogP contribution in [0, 0.1) is 3.57 Å². The summed E-state index contributed by atoms with van der Waals surface area (Å²) in [4.78, 5) is 11.5. The fourth-order valence-corrected chi connectivity index (χ4v) is 1.42. The van der Waals surface area contributed by atoms with E-state index in [2.05, 4.69) is 23.1 Å². The van der Waals surface area contributed by atoms with E-state index in [4.69, 9.17) is 5.73 Å². The first-order chi connectivity index (χ1) is 7.00. The Kier molecular flexibility index (Phi) is 4.09. The van der Waals surface area contributed by atoms with Crippen molar-refractivity contribution in [3.05, 3.63) is 27.3 Å². The second-order valence-corrected chi connectivity index (χ2v) is 4.29. The lowest BCUT2D eigenvalue weighted by molar-refractivity contribution is 0.0941. The van der Waals surface area contributed by atoms with Crippen LogP contribution in [0.2, 0.25) is 0 Å². The summed E-state index contributed by atoms with van der Waals surface area (Å²) in [5, 5.41) is 9.37. The van der Waals surface area contributed by atoms with E-state index in [-0.39, 0.29) is 16.4 Å². The molecule has 15 heavy (non-hydrogen) atoms. The number of hydrogen-bond donors (Lipinski definition) is 4. The van der Waals surface area contributed by atoms with Crippen LogP contribution in [0.15, 0.2) is 18.2 Å². The molecule has 0 bridgehead atoms. The van der Waals surface area contributed by atoms with E-state index in [1.807, 2.05) is 22.6 Å². The average molecular weight is 337 g/mol. The maximum Gasteiger partial charge on any atom is 0.273 e. The highest BCUT2D eigenvalue weighted by Gasteiger charge is 2.10. The van der Waals surface area contributed by atoms with E-state index in [0.29, 0.717) is 0 Å². The molecule has 0 radical (unpaired) electrons. The molecule has 0 unspecified atom stereocenters. The number of hydrogen-bond acceptors (Lipinski definition) is 3. The van der Waals surface area contributed by atoms with Gasteiger partial charge in [0, 0.05) is 3.57 Å². The van der Waals surface area contributed by atoms with Crippen LogP contribution in [0.5, 0.6) is 5.75 Å². The fourth-order valence-electron chi connectivity index (χ4n) is 0.876. The topological polar surface area (TPSA) is 87.4 Å². The van der Waals surface area contributed by atoms with Crippen molar-refractivity contribution in [3.8, 4) is 5.75 Å². The van der Waals surface area contributed by atoms with E-state index in [9.17, 15) is 9.90 Å². The highest BCUT2D eigenvalue weighted by atomic mass is 127. The molecular formula is C8H8IN3O2S. The Bertz CT molecular complexity index is 411. The third-order valence-electron chi connectivity index (χ3n) is 1.50. The maximum absolute atomic E-state index is 11.5. The van der Waals surface area contributed by atoms with E-state index in [1.54, 1.807) is 12.1 Å². The van der Waals surface area contributed by atoms with Gasteiger partial charge in [0.25, 0.3) is 5.91 Å². The molecule has 0 heterocycles. The summed E-state index contributed by atoms with van der Waals surface area (Å²) in [7, 11) is 0. The van der Waals surface area contributed by atoms with Crippen molar-refractivity contribution in [1.82, 2.24) is 10.9 Å². The molecule has 1 aromatic carbocycles. The molecule has 7 heteroatoms. The number of carbonyl (C=O) groups is 1.